The van der Waals surface area contributed by atoms with Crippen molar-refractivity contribution in [1.82, 2.24) is 0 Å². The minimum absolute atomic E-state index is 0.542. The minimum Gasteiger partial charge on any atom is -0.384 e. The van der Waals surface area contributed by atoms with E-state index in [1.807, 2.05) is 18.2 Å². The van der Waals surface area contributed by atoms with Crippen molar-refractivity contribution in [2.75, 3.05) is 11.9 Å². The van der Waals surface area contributed by atoms with Gasteiger partial charge in [-0.3, -0.25) is 0 Å². The van der Waals surface area contributed by atoms with Gasteiger partial charge in [-0.1, -0.05) is 6.92 Å². The second kappa shape index (κ2) is 4.47. The SMILES string of the molecule is CCC1(CNc2ccc(C#N)c(Br)c2)CC1. The normalized spacial score (nSPS) is 16.6. The first-order valence-corrected chi connectivity index (χ1v) is 6.42. The topological polar surface area (TPSA) is 35.8 Å². The number of halogens is 1. The van der Waals surface area contributed by atoms with Crippen LogP contribution in [0.25, 0.3) is 0 Å². The third-order valence-electron chi connectivity index (χ3n) is 3.46. The van der Waals surface area contributed by atoms with Crippen LogP contribution >= 0.6 is 15.9 Å². The lowest BCUT2D eigenvalue weighted by molar-refractivity contribution is 0.521. The molecular formula is C13H15BrN2. The van der Waals surface area contributed by atoms with Gasteiger partial charge in [0.2, 0.25) is 0 Å². The summed E-state index contributed by atoms with van der Waals surface area (Å²) in [5.74, 6) is 0. The molecule has 16 heavy (non-hydrogen) atoms. The third-order valence-corrected chi connectivity index (χ3v) is 4.12. The van der Waals surface area contributed by atoms with Crippen molar-refractivity contribution in [3.63, 3.8) is 0 Å². The molecule has 3 heteroatoms. The van der Waals surface area contributed by atoms with Crippen molar-refractivity contribution in [3.8, 4) is 6.07 Å². The van der Waals surface area contributed by atoms with E-state index >= 15 is 0 Å². The molecule has 0 heterocycles. The summed E-state index contributed by atoms with van der Waals surface area (Å²) in [6.45, 7) is 3.30. The summed E-state index contributed by atoms with van der Waals surface area (Å²) < 4.78 is 0.862. The van der Waals surface area contributed by atoms with E-state index in [0.717, 1.165) is 16.7 Å². The molecule has 0 bridgehead atoms. The number of nitriles is 1. The molecule has 0 unspecified atom stereocenters. The molecule has 0 spiro atoms. The van der Waals surface area contributed by atoms with E-state index in [1.54, 1.807) is 0 Å². The van der Waals surface area contributed by atoms with E-state index in [1.165, 1.54) is 19.3 Å². The fourth-order valence-electron chi connectivity index (χ4n) is 1.84. The fraction of sp³-hybridized carbons (Fsp3) is 0.462. The van der Waals surface area contributed by atoms with Crippen LogP contribution < -0.4 is 5.32 Å². The van der Waals surface area contributed by atoms with Gasteiger partial charge in [-0.15, -0.1) is 0 Å². The molecule has 1 aromatic rings. The zero-order chi connectivity index (χ0) is 11.6. The monoisotopic (exact) mass is 278 g/mol. The predicted molar refractivity (Wildman–Crippen MR) is 69.3 cm³/mol. The van der Waals surface area contributed by atoms with Gasteiger partial charge in [0, 0.05) is 16.7 Å². The van der Waals surface area contributed by atoms with Crippen LogP contribution in [0.3, 0.4) is 0 Å². The summed E-state index contributed by atoms with van der Waals surface area (Å²) in [5.41, 5.74) is 2.31. The van der Waals surface area contributed by atoms with E-state index in [2.05, 4.69) is 34.2 Å². The second-order valence-electron chi connectivity index (χ2n) is 4.51. The van der Waals surface area contributed by atoms with Gasteiger partial charge >= 0.3 is 0 Å². The standard InChI is InChI=1S/C13H15BrN2/c1-2-13(5-6-13)9-16-11-4-3-10(8-15)12(14)7-11/h3-4,7,16H,2,5-6,9H2,1H3. The third kappa shape index (κ3) is 2.38. The summed E-state index contributed by atoms with van der Waals surface area (Å²) in [5, 5.41) is 12.3. The van der Waals surface area contributed by atoms with Crippen LogP contribution in [0.15, 0.2) is 22.7 Å². The van der Waals surface area contributed by atoms with E-state index in [4.69, 9.17) is 5.26 Å². The van der Waals surface area contributed by atoms with Crippen LogP contribution in [0.4, 0.5) is 5.69 Å². The van der Waals surface area contributed by atoms with E-state index in [0.29, 0.717) is 11.0 Å². The van der Waals surface area contributed by atoms with Gasteiger partial charge in [0.1, 0.15) is 6.07 Å². The lowest BCUT2D eigenvalue weighted by atomic mass is 10.0. The first-order valence-electron chi connectivity index (χ1n) is 5.63. The van der Waals surface area contributed by atoms with Crippen molar-refractivity contribution in [2.45, 2.75) is 26.2 Å². The Bertz CT molecular complexity index is 430. The average molecular weight is 279 g/mol. The van der Waals surface area contributed by atoms with Crippen LogP contribution in [-0.4, -0.2) is 6.54 Å². The van der Waals surface area contributed by atoms with Crippen molar-refractivity contribution >= 4 is 21.6 Å². The van der Waals surface area contributed by atoms with Crippen molar-refractivity contribution in [3.05, 3.63) is 28.2 Å². The van der Waals surface area contributed by atoms with Gasteiger partial charge in [0.25, 0.3) is 0 Å². The summed E-state index contributed by atoms with van der Waals surface area (Å²) in [4.78, 5) is 0. The van der Waals surface area contributed by atoms with Crippen LogP contribution in [0.5, 0.6) is 0 Å². The Morgan fingerprint density at radius 1 is 1.50 bits per heavy atom. The average Bonchev–Trinajstić information content (AvgIpc) is 3.07. The van der Waals surface area contributed by atoms with Gasteiger partial charge in [0.15, 0.2) is 0 Å². The molecule has 2 nitrogen and oxygen atoms in total. The quantitative estimate of drug-likeness (QED) is 0.906. The fourth-order valence-corrected chi connectivity index (χ4v) is 2.30. The minimum atomic E-state index is 0.542. The summed E-state index contributed by atoms with van der Waals surface area (Å²) in [6.07, 6.45) is 3.93. The lowest BCUT2D eigenvalue weighted by Gasteiger charge is -2.14. The van der Waals surface area contributed by atoms with E-state index < -0.39 is 0 Å². The van der Waals surface area contributed by atoms with Crippen molar-refractivity contribution < 1.29 is 0 Å². The van der Waals surface area contributed by atoms with Gasteiger partial charge < -0.3 is 5.32 Å². The molecule has 2 rings (SSSR count). The Labute approximate surface area is 105 Å². The molecule has 1 N–H and O–H groups in total. The summed E-state index contributed by atoms with van der Waals surface area (Å²) in [6, 6.07) is 7.93. The van der Waals surface area contributed by atoms with Crippen LogP contribution in [0.2, 0.25) is 0 Å². The Kier molecular flexibility index (Phi) is 3.20. The number of hydrogen-bond acceptors (Lipinski definition) is 2. The molecule has 84 valence electrons. The zero-order valence-electron chi connectivity index (χ0n) is 9.39. The molecule has 0 amide bonds. The molecule has 1 saturated carbocycles. The van der Waals surface area contributed by atoms with Crippen LogP contribution in [0.1, 0.15) is 31.7 Å². The number of nitrogens with zero attached hydrogens (tertiary/aromatic N) is 1. The number of anilines is 1. The van der Waals surface area contributed by atoms with Crippen molar-refractivity contribution in [2.24, 2.45) is 5.41 Å². The Morgan fingerprint density at radius 2 is 2.25 bits per heavy atom. The molecule has 1 fully saturated rings. The molecule has 0 aliphatic heterocycles. The number of nitrogens with one attached hydrogen (secondary N) is 1. The molecule has 1 aliphatic carbocycles. The van der Waals surface area contributed by atoms with Crippen LogP contribution in [-0.2, 0) is 0 Å². The summed E-state index contributed by atoms with van der Waals surface area (Å²) >= 11 is 3.40. The molecule has 0 radical (unpaired) electrons. The maximum atomic E-state index is 8.82. The molecule has 1 aliphatic rings. The molecular weight excluding hydrogens is 264 g/mol. The van der Waals surface area contributed by atoms with Gasteiger partial charge in [-0.05, 0) is 58.8 Å². The molecule has 1 aromatic carbocycles. The zero-order valence-corrected chi connectivity index (χ0v) is 11.0. The highest BCUT2D eigenvalue weighted by Gasteiger charge is 2.40. The smallest absolute Gasteiger partial charge is 0.100 e. The maximum absolute atomic E-state index is 8.82. The highest BCUT2D eigenvalue weighted by Crippen LogP contribution is 2.48. The lowest BCUT2D eigenvalue weighted by Crippen LogP contribution is -2.14. The van der Waals surface area contributed by atoms with E-state index in [9.17, 15) is 0 Å². The maximum Gasteiger partial charge on any atom is 0.100 e. The highest BCUT2D eigenvalue weighted by atomic mass is 79.9. The Balaban J connectivity index is 2.00. The second-order valence-corrected chi connectivity index (χ2v) is 5.37. The van der Waals surface area contributed by atoms with E-state index in [-0.39, 0.29) is 0 Å². The van der Waals surface area contributed by atoms with Gasteiger partial charge in [-0.25, -0.2) is 0 Å². The molecule has 0 aromatic heterocycles. The largest absolute Gasteiger partial charge is 0.384 e. The van der Waals surface area contributed by atoms with Crippen LogP contribution in [0, 0.1) is 16.7 Å². The number of hydrogen-bond donors (Lipinski definition) is 1. The molecule has 0 atom stereocenters. The highest BCUT2D eigenvalue weighted by molar-refractivity contribution is 9.10. The van der Waals surface area contributed by atoms with Gasteiger partial charge in [0.05, 0.1) is 5.56 Å². The first-order chi connectivity index (χ1) is 7.69. The number of benzene rings is 1. The van der Waals surface area contributed by atoms with Gasteiger partial charge in [-0.2, -0.15) is 5.26 Å². The Morgan fingerprint density at radius 3 is 2.75 bits per heavy atom. The Hall–Kier alpha value is -1.01. The predicted octanol–water partition coefficient (Wildman–Crippen LogP) is 3.92. The number of rotatable bonds is 4. The first kappa shape index (κ1) is 11.5. The van der Waals surface area contributed by atoms with Crippen molar-refractivity contribution in [1.29, 1.82) is 5.26 Å². The molecule has 0 saturated heterocycles. The summed E-state index contributed by atoms with van der Waals surface area (Å²) in [7, 11) is 0.